The molecule has 0 unspecified atom stereocenters. The van der Waals surface area contributed by atoms with E-state index in [1.54, 1.807) is 31.4 Å². The van der Waals surface area contributed by atoms with E-state index in [-0.39, 0.29) is 5.91 Å². The third kappa shape index (κ3) is 5.14. The SMILES string of the molecule is CNc1ccnc(C(=O)N(CCCOC)CCOC)c1. The molecule has 0 saturated carbocycles. The predicted octanol–water partition coefficient (Wildman–Crippen LogP) is 1.25. The number of pyridine rings is 1. The summed E-state index contributed by atoms with van der Waals surface area (Å²) in [7, 11) is 5.09. The highest BCUT2D eigenvalue weighted by Crippen LogP contribution is 2.09. The van der Waals surface area contributed by atoms with Gasteiger partial charge in [-0.3, -0.25) is 9.78 Å². The monoisotopic (exact) mass is 281 g/mol. The van der Waals surface area contributed by atoms with Crippen LogP contribution < -0.4 is 5.32 Å². The topological polar surface area (TPSA) is 63.7 Å². The van der Waals surface area contributed by atoms with Crippen LogP contribution in [0, 0.1) is 0 Å². The highest BCUT2D eigenvalue weighted by molar-refractivity contribution is 5.93. The molecule has 0 aliphatic rings. The molecule has 6 nitrogen and oxygen atoms in total. The Morgan fingerprint density at radius 2 is 2.05 bits per heavy atom. The smallest absolute Gasteiger partial charge is 0.272 e. The predicted molar refractivity (Wildman–Crippen MR) is 78.1 cm³/mol. The largest absolute Gasteiger partial charge is 0.388 e. The Labute approximate surface area is 120 Å². The zero-order valence-corrected chi connectivity index (χ0v) is 12.4. The third-order valence-corrected chi connectivity index (χ3v) is 2.90. The van der Waals surface area contributed by atoms with Gasteiger partial charge in [0.05, 0.1) is 6.61 Å². The van der Waals surface area contributed by atoms with Gasteiger partial charge >= 0.3 is 0 Å². The number of methoxy groups -OCH3 is 2. The van der Waals surface area contributed by atoms with Crippen molar-refractivity contribution in [3.05, 3.63) is 24.0 Å². The van der Waals surface area contributed by atoms with Gasteiger partial charge in [-0.25, -0.2) is 0 Å². The zero-order chi connectivity index (χ0) is 14.8. The molecule has 1 N–H and O–H groups in total. The van der Waals surface area contributed by atoms with Crippen molar-refractivity contribution >= 4 is 11.6 Å². The van der Waals surface area contributed by atoms with Gasteiger partial charge in [-0.05, 0) is 18.6 Å². The normalized spacial score (nSPS) is 10.3. The fourth-order valence-corrected chi connectivity index (χ4v) is 1.78. The van der Waals surface area contributed by atoms with E-state index in [0.717, 1.165) is 12.1 Å². The average molecular weight is 281 g/mol. The number of nitrogens with zero attached hydrogens (tertiary/aromatic N) is 2. The lowest BCUT2D eigenvalue weighted by molar-refractivity contribution is 0.0668. The first-order valence-electron chi connectivity index (χ1n) is 6.64. The number of ether oxygens (including phenoxy) is 2. The number of aromatic nitrogens is 1. The highest BCUT2D eigenvalue weighted by atomic mass is 16.5. The molecule has 0 aromatic carbocycles. The molecule has 1 heterocycles. The maximum absolute atomic E-state index is 12.5. The van der Waals surface area contributed by atoms with Crippen LogP contribution in [0.3, 0.4) is 0 Å². The van der Waals surface area contributed by atoms with Gasteiger partial charge in [-0.2, -0.15) is 0 Å². The van der Waals surface area contributed by atoms with Crippen molar-refractivity contribution in [3.8, 4) is 0 Å². The van der Waals surface area contributed by atoms with Crippen LogP contribution in [0.25, 0.3) is 0 Å². The second-order valence-electron chi connectivity index (χ2n) is 4.31. The van der Waals surface area contributed by atoms with E-state index in [0.29, 0.717) is 32.0 Å². The van der Waals surface area contributed by atoms with Crippen LogP contribution in [0.5, 0.6) is 0 Å². The van der Waals surface area contributed by atoms with E-state index in [2.05, 4.69) is 10.3 Å². The molecule has 0 bridgehead atoms. The summed E-state index contributed by atoms with van der Waals surface area (Å²) < 4.78 is 10.1. The number of carbonyl (C=O) groups excluding carboxylic acids is 1. The van der Waals surface area contributed by atoms with Crippen molar-refractivity contribution in [2.45, 2.75) is 6.42 Å². The fraction of sp³-hybridized carbons (Fsp3) is 0.571. The van der Waals surface area contributed by atoms with Crippen LogP contribution in [0.1, 0.15) is 16.9 Å². The first kappa shape index (κ1) is 16.4. The lowest BCUT2D eigenvalue weighted by Crippen LogP contribution is -2.35. The molecule has 0 aliphatic heterocycles. The Balaban J connectivity index is 2.73. The van der Waals surface area contributed by atoms with Gasteiger partial charge in [-0.15, -0.1) is 0 Å². The van der Waals surface area contributed by atoms with Crippen molar-refractivity contribution in [3.63, 3.8) is 0 Å². The molecule has 1 aromatic rings. The molecular weight excluding hydrogens is 258 g/mol. The summed E-state index contributed by atoms with van der Waals surface area (Å²) in [6, 6.07) is 3.57. The molecule has 0 aliphatic carbocycles. The van der Waals surface area contributed by atoms with Gasteiger partial charge in [0.25, 0.3) is 5.91 Å². The Bertz CT molecular complexity index is 412. The molecule has 1 aromatic heterocycles. The molecule has 20 heavy (non-hydrogen) atoms. The lowest BCUT2D eigenvalue weighted by atomic mass is 10.2. The van der Waals surface area contributed by atoms with Crippen LogP contribution >= 0.6 is 0 Å². The van der Waals surface area contributed by atoms with Crippen LogP contribution in [0.4, 0.5) is 5.69 Å². The summed E-state index contributed by atoms with van der Waals surface area (Å²) in [5, 5.41) is 3.00. The summed E-state index contributed by atoms with van der Waals surface area (Å²) >= 11 is 0. The zero-order valence-electron chi connectivity index (χ0n) is 12.4. The average Bonchev–Trinajstić information content (AvgIpc) is 2.50. The number of rotatable bonds is 9. The van der Waals surface area contributed by atoms with E-state index >= 15 is 0 Å². The minimum Gasteiger partial charge on any atom is -0.388 e. The van der Waals surface area contributed by atoms with Crippen molar-refractivity contribution < 1.29 is 14.3 Å². The lowest BCUT2D eigenvalue weighted by Gasteiger charge is -2.22. The summed E-state index contributed by atoms with van der Waals surface area (Å²) in [6.07, 6.45) is 2.42. The number of anilines is 1. The quantitative estimate of drug-likeness (QED) is 0.690. The molecular formula is C14H23N3O3. The fourth-order valence-electron chi connectivity index (χ4n) is 1.78. The summed E-state index contributed by atoms with van der Waals surface area (Å²) in [5.41, 5.74) is 1.30. The van der Waals surface area contributed by atoms with Crippen molar-refractivity contribution in [2.24, 2.45) is 0 Å². The molecule has 0 atom stereocenters. The van der Waals surface area contributed by atoms with E-state index < -0.39 is 0 Å². The molecule has 0 radical (unpaired) electrons. The third-order valence-electron chi connectivity index (χ3n) is 2.90. The number of carbonyl (C=O) groups is 1. The maximum atomic E-state index is 12.5. The summed E-state index contributed by atoms with van der Waals surface area (Å²) in [5.74, 6) is -0.0877. The van der Waals surface area contributed by atoms with E-state index in [1.165, 1.54) is 0 Å². The van der Waals surface area contributed by atoms with Crippen LogP contribution in [-0.4, -0.2) is 63.4 Å². The summed E-state index contributed by atoms with van der Waals surface area (Å²) in [6.45, 7) is 2.30. The molecule has 0 saturated heterocycles. The van der Waals surface area contributed by atoms with Crippen molar-refractivity contribution in [2.75, 3.05) is 52.9 Å². The number of nitrogens with one attached hydrogen (secondary N) is 1. The standard InChI is InChI=1S/C14H23N3O3/c1-15-12-5-6-16-13(11-12)14(18)17(8-10-20-3)7-4-9-19-2/h5-6,11H,4,7-10H2,1-3H3,(H,15,16). The van der Waals surface area contributed by atoms with Gasteiger partial charge in [0.2, 0.25) is 0 Å². The minimum atomic E-state index is -0.0877. The minimum absolute atomic E-state index is 0.0877. The van der Waals surface area contributed by atoms with Gasteiger partial charge in [0, 0.05) is 52.8 Å². The summed E-state index contributed by atoms with van der Waals surface area (Å²) in [4.78, 5) is 18.3. The van der Waals surface area contributed by atoms with Crippen LogP contribution in [0.2, 0.25) is 0 Å². The second-order valence-corrected chi connectivity index (χ2v) is 4.31. The first-order chi connectivity index (χ1) is 9.72. The van der Waals surface area contributed by atoms with Crippen molar-refractivity contribution in [1.29, 1.82) is 0 Å². The Kier molecular flexibility index (Phi) is 7.60. The Hall–Kier alpha value is -1.66. The number of hydrogen-bond donors (Lipinski definition) is 1. The van der Waals surface area contributed by atoms with Gasteiger partial charge in [0.15, 0.2) is 0 Å². The maximum Gasteiger partial charge on any atom is 0.272 e. The van der Waals surface area contributed by atoms with Crippen LogP contribution in [0.15, 0.2) is 18.3 Å². The molecule has 1 rings (SSSR count). The first-order valence-corrected chi connectivity index (χ1v) is 6.64. The van der Waals surface area contributed by atoms with E-state index in [1.807, 2.05) is 13.1 Å². The molecule has 6 heteroatoms. The van der Waals surface area contributed by atoms with E-state index in [9.17, 15) is 4.79 Å². The number of amides is 1. The van der Waals surface area contributed by atoms with Gasteiger partial charge in [0.1, 0.15) is 5.69 Å². The van der Waals surface area contributed by atoms with Crippen molar-refractivity contribution in [1.82, 2.24) is 9.88 Å². The highest BCUT2D eigenvalue weighted by Gasteiger charge is 2.16. The molecule has 112 valence electrons. The van der Waals surface area contributed by atoms with E-state index in [4.69, 9.17) is 9.47 Å². The molecule has 0 spiro atoms. The Morgan fingerprint density at radius 3 is 2.70 bits per heavy atom. The van der Waals surface area contributed by atoms with Gasteiger partial charge in [-0.1, -0.05) is 0 Å². The van der Waals surface area contributed by atoms with Gasteiger partial charge < -0.3 is 19.7 Å². The second kappa shape index (κ2) is 9.28. The number of hydrogen-bond acceptors (Lipinski definition) is 5. The molecule has 0 fully saturated rings. The Morgan fingerprint density at radius 1 is 1.30 bits per heavy atom. The van der Waals surface area contributed by atoms with Crippen LogP contribution in [-0.2, 0) is 9.47 Å². The molecule has 1 amide bonds.